The zero-order chi connectivity index (χ0) is 11.6. The van der Waals surface area contributed by atoms with Crippen molar-refractivity contribution in [3.05, 3.63) is 28.4 Å². The van der Waals surface area contributed by atoms with E-state index in [2.05, 4.69) is 17.2 Å². The Bertz CT molecular complexity index is 379. The van der Waals surface area contributed by atoms with Gasteiger partial charge >= 0.3 is 5.82 Å². The number of hydrogen-bond acceptors (Lipinski definition) is 4. The number of pyridine rings is 1. The lowest BCUT2D eigenvalue weighted by Crippen LogP contribution is -2.44. The molecule has 0 radical (unpaired) electrons. The van der Waals surface area contributed by atoms with Crippen molar-refractivity contribution < 1.29 is 4.92 Å². The first-order valence-corrected chi connectivity index (χ1v) is 5.54. The smallest absolute Gasteiger partial charge is 0.363 e. The predicted octanol–water partition coefficient (Wildman–Crippen LogP) is 2.73. The zero-order valence-electron chi connectivity index (χ0n) is 9.27. The maximum Gasteiger partial charge on any atom is 0.363 e. The zero-order valence-corrected chi connectivity index (χ0v) is 9.27. The monoisotopic (exact) mass is 221 g/mol. The van der Waals surface area contributed by atoms with Crippen LogP contribution in [0.25, 0.3) is 0 Å². The first-order chi connectivity index (χ1) is 7.65. The molecule has 1 heterocycles. The first-order valence-electron chi connectivity index (χ1n) is 5.54. The van der Waals surface area contributed by atoms with Crippen LogP contribution in [-0.2, 0) is 0 Å². The number of hydrogen-bond donors (Lipinski definition) is 1. The Morgan fingerprint density at radius 2 is 2.31 bits per heavy atom. The standard InChI is InChI=1S/C11H15N3O2/c1-2-11(6-3-7-11)13-9-4-5-10(12-8-9)14(15)16/h4-5,8,13H,2-3,6-7H2,1H3. The summed E-state index contributed by atoms with van der Waals surface area (Å²) >= 11 is 0. The highest BCUT2D eigenvalue weighted by atomic mass is 16.6. The van der Waals surface area contributed by atoms with Crippen LogP contribution in [0, 0.1) is 10.1 Å². The number of nitrogens with one attached hydrogen (secondary N) is 1. The summed E-state index contributed by atoms with van der Waals surface area (Å²) in [6.45, 7) is 2.16. The lowest BCUT2D eigenvalue weighted by Gasteiger charge is -2.42. The van der Waals surface area contributed by atoms with Gasteiger partial charge in [-0.3, -0.25) is 0 Å². The van der Waals surface area contributed by atoms with E-state index < -0.39 is 4.92 Å². The molecule has 5 nitrogen and oxygen atoms in total. The highest BCUT2D eigenvalue weighted by Gasteiger charge is 2.35. The summed E-state index contributed by atoms with van der Waals surface area (Å²) in [6.07, 6.45) is 6.19. The van der Waals surface area contributed by atoms with Crippen molar-refractivity contribution in [2.75, 3.05) is 5.32 Å². The van der Waals surface area contributed by atoms with Gasteiger partial charge in [0.05, 0.1) is 5.69 Å². The van der Waals surface area contributed by atoms with Gasteiger partial charge in [0.2, 0.25) is 0 Å². The lowest BCUT2D eigenvalue weighted by atomic mass is 9.75. The SMILES string of the molecule is CCC1(Nc2ccc([N+](=O)[O-])nc2)CCC1. The highest BCUT2D eigenvalue weighted by molar-refractivity contribution is 5.46. The Labute approximate surface area is 94.0 Å². The minimum absolute atomic E-state index is 0.107. The van der Waals surface area contributed by atoms with Crippen LogP contribution in [0.5, 0.6) is 0 Å². The molecule has 1 aromatic heterocycles. The summed E-state index contributed by atoms with van der Waals surface area (Å²) in [4.78, 5) is 13.8. The van der Waals surface area contributed by atoms with Gasteiger partial charge in [-0.25, -0.2) is 0 Å². The summed E-state index contributed by atoms with van der Waals surface area (Å²) in [5.41, 5.74) is 1.06. The van der Waals surface area contributed by atoms with Crippen molar-refractivity contribution in [3.63, 3.8) is 0 Å². The minimum atomic E-state index is -0.483. The fourth-order valence-electron chi connectivity index (χ4n) is 2.04. The van der Waals surface area contributed by atoms with E-state index >= 15 is 0 Å². The Morgan fingerprint density at radius 3 is 2.69 bits per heavy atom. The van der Waals surface area contributed by atoms with Crippen molar-refractivity contribution in [3.8, 4) is 0 Å². The fraction of sp³-hybridized carbons (Fsp3) is 0.545. The van der Waals surface area contributed by atoms with Crippen molar-refractivity contribution >= 4 is 11.5 Å². The van der Waals surface area contributed by atoms with E-state index in [4.69, 9.17) is 0 Å². The van der Waals surface area contributed by atoms with Gasteiger partial charge in [0.15, 0.2) is 6.20 Å². The molecule has 1 N–H and O–H groups in total. The molecular formula is C11H15N3O2. The first kappa shape index (κ1) is 10.9. The molecule has 0 atom stereocenters. The van der Waals surface area contributed by atoms with Gasteiger partial charge in [0, 0.05) is 11.6 Å². The molecule has 1 fully saturated rings. The van der Waals surface area contributed by atoms with Gasteiger partial charge < -0.3 is 15.4 Å². The maximum atomic E-state index is 10.4. The lowest BCUT2D eigenvalue weighted by molar-refractivity contribution is -0.389. The number of anilines is 1. The number of nitro groups is 1. The Balaban J connectivity index is 2.07. The molecule has 0 amide bonds. The molecule has 1 aliphatic rings. The van der Waals surface area contributed by atoms with Gasteiger partial charge in [0.25, 0.3) is 0 Å². The average Bonchev–Trinajstić information content (AvgIpc) is 2.24. The van der Waals surface area contributed by atoms with Crippen LogP contribution >= 0.6 is 0 Å². The third-order valence-electron chi connectivity index (χ3n) is 3.33. The van der Waals surface area contributed by atoms with Crippen molar-refractivity contribution in [2.45, 2.75) is 38.1 Å². The topological polar surface area (TPSA) is 68.1 Å². The fourth-order valence-corrected chi connectivity index (χ4v) is 2.04. The quantitative estimate of drug-likeness (QED) is 0.627. The summed E-state index contributed by atoms with van der Waals surface area (Å²) in [5.74, 6) is -0.107. The van der Waals surface area contributed by atoms with E-state index in [0.29, 0.717) is 0 Å². The summed E-state index contributed by atoms with van der Waals surface area (Å²) in [5, 5.41) is 13.9. The second-order valence-corrected chi connectivity index (χ2v) is 4.27. The molecule has 1 saturated carbocycles. The van der Waals surface area contributed by atoms with E-state index in [1.165, 1.54) is 31.5 Å². The second kappa shape index (κ2) is 4.08. The largest absolute Gasteiger partial charge is 0.377 e. The van der Waals surface area contributed by atoms with Crippen LogP contribution in [0.4, 0.5) is 11.5 Å². The highest BCUT2D eigenvalue weighted by Crippen LogP contribution is 2.37. The summed E-state index contributed by atoms with van der Waals surface area (Å²) < 4.78 is 0. The van der Waals surface area contributed by atoms with Gasteiger partial charge in [-0.2, -0.15) is 0 Å². The van der Waals surface area contributed by atoms with E-state index in [1.54, 1.807) is 6.07 Å². The molecule has 0 spiro atoms. The summed E-state index contributed by atoms with van der Waals surface area (Å²) in [7, 11) is 0. The molecule has 1 aliphatic carbocycles. The number of rotatable bonds is 4. The van der Waals surface area contributed by atoms with Crippen LogP contribution < -0.4 is 5.32 Å². The Kier molecular flexibility index (Phi) is 2.77. The average molecular weight is 221 g/mol. The Morgan fingerprint density at radius 1 is 1.56 bits per heavy atom. The molecular weight excluding hydrogens is 206 g/mol. The van der Waals surface area contributed by atoms with E-state index in [9.17, 15) is 10.1 Å². The van der Waals surface area contributed by atoms with E-state index in [0.717, 1.165) is 12.1 Å². The molecule has 0 unspecified atom stereocenters. The van der Waals surface area contributed by atoms with Gasteiger partial charge in [-0.15, -0.1) is 0 Å². The maximum absolute atomic E-state index is 10.4. The van der Waals surface area contributed by atoms with Crippen molar-refractivity contribution in [1.82, 2.24) is 4.98 Å². The van der Waals surface area contributed by atoms with E-state index in [1.807, 2.05) is 0 Å². The van der Waals surface area contributed by atoms with Crippen LogP contribution in [0.1, 0.15) is 32.6 Å². The summed E-state index contributed by atoms with van der Waals surface area (Å²) in [6, 6.07) is 3.16. The van der Waals surface area contributed by atoms with Crippen LogP contribution in [0.15, 0.2) is 18.3 Å². The van der Waals surface area contributed by atoms with Gasteiger partial charge in [-0.1, -0.05) is 6.92 Å². The normalized spacial score (nSPS) is 17.6. The number of aromatic nitrogens is 1. The van der Waals surface area contributed by atoms with E-state index in [-0.39, 0.29) is 11.4 Å². The van der Waals surface area contributed by atoms with Crippen molar-refractivity contribution in [2.24, 2.45) is 0 Å². The molecule has 2 rings (SSSR count). The van der Waals surface area contributed by atoms with Crippen LogP contribution in [-0.4, -0.2) is 15.4 Å². The third kappa shape index (κ3) is 1.98. The molecule has 0 aliphatic heterocycles. The number of nitrogens with zero attached hydrogens (tertiary/aromatic N) is 2. The molecule has 16 heavy (non-hydrogen) atoms. The molecule has 0 aromatic carbocycles. The molecule has 0 bridgehead atoms. The van der Waals surface area contributed by atoms with Gasteiger partial charge in [0.1, 0.15) is 0 Å². The molecule has 5 heteroatoms. The third-order valence-corrected chi connectivity index (χ3v) is 3.33. The van der Waals surface area contributed by atoms with Crippen LogP contribution in [0.3, 0.4) is 0 Å². The second-order valence-electron chi connectivity index (χ2n) is 4.27. The molecule has 86 valence electrons. The Hall–Kier alpha value is -1.65. The molecule has 1 aromatic rings. The van der Waals surface area contributed by atoms with Crippen LogP contribution in [0.2, 0.25) is 0 Å². The molecule has 0 saturated heterocycles. The van der Waals surface area contributed by atoms with Crippen molar-refractivity contribution in [1.29, 1.82) is 0 Å². The van der Waals surface area contributed by atoms with Gasteiger partial charge in [-0.05, 0) is 41.7 Å². The predicted molar refractivity (Wildman–Crippen MR) is 61.4 cm³/mol. The minimum Gasteiger partial charge on any atom is -0.377 e.